The van der Waals surface area contributed by atoms with E-state index >= 15 is 0 Å². The van der Waals surface area contributed by atoms with Crippen LogP contribution in [-0.4, -0.2) is 26.3 Å². The summed E-state index contributed by atoms with van der Waals surface area (Å²) in [6.45, 7) is 5.30. The van der Waals surface area contributed by atoms with E-state index in [-0.39, 0.29) is 22.1 Å². The molecule has 0 aliphatic carbocycles. The quantitative estimate of drug-likeness (QED) is 0.849. The molecule has 0 aliphatic rings. The zero-order chi connectivity index (χ0) is 17.7. The van der Waals surface area contributed by atoms with Crippen LogP contribution in [0.4, 0.5) is 5.69 Å². The molecular weight excluding hydrogens is 324 g/mol. The predicted molar refractivity (Wildman–Crippen MR) is 94.2 cm³/mol. The minimum absolute atomic E-state index is 0.134. The van der Waals surface area contributed by atoms with Crippen molar-refractivity contribution in [2.24, 2.45) is 0 Å². The second kappa shape index (κ2) is 7.17. The normalized spacial score (nSPS) is 10.6. The number of sulfonamides is 1. The number of amides is 1. The lowest BCUT2D eigenvalue weighted by Crippen LogP contribution is -2.23. The van der Waals surface area contributed by atoms with E-state index in [2.05, 4.69) is 17.0 Å². The third-order valence-corrected chi connectivity index (χ3v) is 4.72. The van der Waals surface area contributed by atoms with Crippen LogP contribution in [0.1, 0.15) is 15.9 Å². The maximum Gasteiger partial charge on any atom is 0.261 e. The van der Waals surface area contributed by atoms with Crippen LogP contribution in [0.2, 0.25) is 0 Å². The smallest absolute Gasteiger partial charge is 0.261 e. The van der Waals surface area contributed by atoms with Crippen LogP contribution in [-0.2, 0) is 10.0 Å². The summed E-state index contributed by atoms with van der Waals surface area (Å²) in [7, 11) is -2.24. The van der Waals surface area contributed by atoms with Gasteiger partial charge in [0.2, 0.25) is 0 Å². The van der Waals surface area contributed by atoms with Crippen molar-refractivity contribution in [1.29, 1.82) is 0 Å². The summed E-state index contributed by atoms with van der Waals surface area (Å²) in [5.74, 6) is -0.367. The second-order valence-corrected chi connectivity index (χ2v) is 6.90. The molecule has 2 aromatic rings. The first-order valence-corrected chi connectivity index (χ1v) is 8.65. The number of nitrogens with zero attached hydrogens (tertiary/aromatic N) is 1. The van der Waals surface area contributed by atoms with E-state index in [4.69, 9.17) is 0 Å². The molecule has 2 rings (SSSR count). The maximum absolute atomic E-state index is 12.5. The summed E-state index contributed by atoms with van der Waals surface area (Å²) in [6.07, 6.45) is 1.38. The van der Waals surface area contributed by atoms with E-state index in [1.165, 1.54) is 23.2 Å². The van der Waals surface area contributed by atoms with Crippen molar-refractivity contribution in [2.45, 2.75) is 11.8 Å². The Morgan fingerprint density at radius 3 is 2.42 bits per heavy atom. The van der Waals surface area contributed by atoms with Crippen LogP contribution in [0.15, 0.2) is 71.9 Å². The molecule has 0 saturated heterocycles. The Morgan fingerprint density at radius 1 is 1.17 bits per heavy atom. The minimum Gasteiger partial charge on any atom is -0.311 e. The molecule has 5 nitrogen and oxygen atoms in total. The number of rotatable bonds is 5. The molecule has 0 aromatic heterocycles. The average molecular weight is 342 g/mol. The van der Waals surface area contributed by atoms with Crippen molar-refractivity contribution in [1.82, 2.24) is 4.90 Å². The monoisotopic (exact) mass is 342 g/mol. The molecule has 1 amide bonds. The highest BCUT2D eigenvalue weighted by molar-refractivity contribution is 7.92. The molecule has 0 fully saturated rings. The Balaban J connectivity index is 2.38. The summed E-state index contributed by atoms with van der Waals surface area (Å²) < 4.78 is 27.5. The zero-order valence-corrected chi connectivity index (χ0v) is 14.3. The Kier molecular flexibility index (Phi) is 5.24. The zero-order valence-electron chi connectivity index (χ0n) is 13.5. The van der Waals surface area contributed by atoms with Crippen molar-refractivity contribution in [3.8, 4) is 0 Å². The first-order chi connectivity index (χ1) is 11.3. The third kappa shape index (κ3) is 3.93. The highest BCUT2D eigenvalue weighted by Gasteiger charge is 2.19. The van der Waals surface area contributed by atoms with E-state index in [9.17, 15) is 13.2 Å². The topological polar surface area (TPSA) is 66.5 Å². The van der Waals surface area contributed by atoms with Gasteiger partial charge in [0.1, 0.15) is 0 Å². The molecule has 0 bridgehead atoms. The molecule has 24 heavy (non-hydrogen) atoms. The lowest BCUT2D eigenvalue weighted by molar-refractivity contribution is 0.0851. The van der Waals surface area contributed by atoms with Gasteiger partial charge in [0.25, 0.3) is 15.9 Å². The molecule has 1 N–H and O–H groups in total. The summed E-state index contributed by atoms with van der Waals surface area (Å²) in [5.41, 5.74) is 3.92. The molecule has 0 heterocycles. The number of hydrogen-bond donors (Lipinski definition) is 1. The number of para-hydroxylation sites is 1. The molecule has 0 aliphatic heterocycles. The van der Waals surface area contributed by atoms with Gasteiger partial charge in [-0.1, -0.05) is 36.4 Å². The Bertz CT molecular complexity index is 896. The summed E-state index contributed by atoms with van der Waals surface area (Å²) >= 11 is 0. The van der Waals surface area contributed by atoms with Crippen LogP contribution < -0.4 is 4.72 Å². The molecule has 0 saturated carbocycles. The molecular formula is C18H18N2O3S. The SMILES string of the molecule is C=C=CN(C)C(=O)c1ccccc1NS(=O)(=O)c1ccc(C)cc1. The summed E-state index contributed by atoms with van der Waals surface area (Å²) in [6, 6.07) is 12.9. The Hall–Kier alpha value is -2.82. The lowest BCUT2D eigenvalue weighted by Gasteiger charge is -2.15. The number of aryl methyl sites for hydroxylation is 1. The standard InChI is InChI=1S/C18H18N2O3S/c1-4-13-20(3)18(21)16-7-5-6-8-17(16)19-24(22,23)15-11-9-14(2)10-12-15/h5-13,19H,1H2,2-3H3. The molecule has 0 radical (unpaired) electrons. The summed E-state index contributed by atoms with van der Waals surface area (Å²) in [4.78, 5) is 13.8. The van der Waals surface area contributed by atoms with Gasteiger partial charge in [0, 0.05) is 13.2 Å². The second-order valence-electron chi connectivity index (χ2n) is 5.21. The van der Waals surface area contributed by atoms with E-state index in [1.54, 1.807) is 43.4 Å². The first-order valence-electron chi connectivity index (χ1n) is 7.17. The van der Waals surface area contributed by atoms with E-state index in [0.717, 1.165) is 5.56 Å². The molecule has 0 unspecified atom stereocenters. The van der Waals surface area contributed by atoms with Gasteiger partial charge in [-0.05, 0) is 31.2 Å². The van der Waals surface area contributed by atoms with Gasteiger partial charge >= 0.3 is 0 Å². The van der Waals surface area contributed by atoms with E-state index in [1.807, 2.05) is 6.92 Å². The van der Waals surface area contributed by atoms with Gasteiger partial charge < -0.3 is 4.90 Å². The number of carbonyl (C=O) groups is 1. The molecule has 124 valence electrons. The van der Waals surface area contributed by atoms with Gasteiger partial charge in [-0.15, -0.1) is 5.73 Å². The van der Waals surface area contributed by atoms with Crippen molar-refractivity contribution < 1.29 is 13.2 Å². The molecule has 2 aromatic carbocycles. The van der Waals surface area contributed by atoms with Crippen LogP contribution >= 0.6 is 0 Å². The van der Waals surface area contributed by atoms with Gasteiger partial charge in [0.15, 0.2) is 0 Å². The fourth-order valence-corrected chi connectivity index (χ4v) is 3.15. The van der Waals surface area contributed by atoms with Crippen LogP contribution in [0.3, 0.4) is 0 Å². The predicted octanol–water partition coefficient (Wildman–Crippen LogP) is 3.17. The van der Waals surface area contributed by atoms with Crippen molar-refractivity contribution in [3.05, 3.63) is 78.2 Å². The molecule has 0 atom stereocenters. The highest BCUT2D eigenvalue weighted by atomic mass is 32.2. The van der Waals surface area contributed by atoms with Gasteiger partial charge in [0.05, 0.1) is 16.1 Å². The lowest BCUT2D eigenvalue weighted by atomic mass is 10.1. The van der Waals surface area contributed by atoms with Crippen molar-refractivity contribution >= 4 is 21.6 Å². The number of hydrogen-bond acceptors (Lipinski definition) is 3. The van der Waals surface area contributed by atoms with Crippen LogP contribution in [0.25, 0.3) is 0 Å². The number of nitrogens with one attached hydrogen (secondary N) is 1. The minimum atomic E-state index is -3.78. The van der Waals surface area contributed by atoms with E-state index < -0.39 is 10.0 Å². The van der Waals surface area contributed by atoms with Gasteiger partial charge in [-0.3, -0.25) is 9.52 Å². The third-order valence-electron chi connectivity index (χ3n) is 3.34. The maximum atomic E-state index is 12.5. The molecule has 0 spiro atoms. The highest BCUT2D eigenvalue weighted by Crippen LogP contribution is 2.21. The fraction of sp³-hybridized carbons (Fsp3) is 0.111. The fourth-order valence-electron chi connectivity index (χ4n) is 2.07. The van der Waals surface area contributed by atoms with E-state index in [0.29, 0.717) is 0 Å². The average Bonchev–Trinajstić information content (AvgIpc) is 2.55. The number of benzene rings is 2. The van der Waals surface area contributed by atoms with Crippen LogP contribution in [0, 0.1) is 6.92 Å². The number of carbonyl (C=O) groups excluding carboxylic acids is 1. The Labute approximate surface area is 142 Å². The van der Waals surface area contributed by atoms with Gasteiger partial charge in [-0.25, -0.2) is 8.42 Å². The molecule has 6 heteroatoms. The van der Waals surface area contributed by atoms with Gasteiger partial charge in [-0.2, -0.15) is 0 Å². The summed E-state index contributed by atoms with van der Waals surface area (Å²) in [5, 5.41) is 0. The number of anilines is 1. The van der Waals surface area contributed by atoms with Crippen molar-refractivity contribution in [2.75, 3.05) is 11.8 Å². The largest absolute Gasteiger partial charge is 0.311 e. The first kappa shape index (κ1) is 17.5. The van der Waals surface area contributed by atoms with Crippen LogP contribution in [0.5, 0.6) is 0 Å². The Morgan fingerprint density at radius 2 is 1.79 bits per heavy atom. The van der Waals surface area contributed by atoms with Crippen molar-refractivity contribution in [3.63, 3.8) is 0 Å².